The molecular weight excluding hydrogens is 258 g/mol. The van der Waals surface area contributed by atoms with E-state index in [0.29, 0.717) is 22.2 Å². The van der Waals surface area contributed by atoms with Gasteiger partial charge >= 0.3 is 0 Å². The summed E-state index contributed by atoms with van der Waals surface area (Å²) >= 11 is 1.16. The lowest BCUT2D eigenvalue weighted by molar-refractivity contribution is 0.285. The van der Waals surface area contributed by atoms with Crippen LogP contribution in [0.25, 0.3) is 0 Å². The van der Waals surface area contributed by atoms with E-state index in [0.717, 1.165) is 37.0 Å². The average Bonchev–Trinajstić information content (AvgIpc) is 2.64. The van der Waals surface area contributed by atoms with Crippen LogP contribution in [0.3, 0.4) is 0 Å². The molecule has 0 aromatic carbocycles. The fourth-order valence-corrected chi connectivity index (χ4v) is 4.88. The third kappa shape index (κ3) is 2.88. The highest BCUT2D eigenvalue weighted by Crippen LogP contribution is 2.26. The SMILES string of the molecule is O=S(=O)(c1ccc(CO)s1)N1CCCCCC1. The van der Waals surface area contributed by atoms with Gasteiger partial charge in [-0.15, -0.1) is 11.3 Å². The van der Waals surface area contributed by atoms with E-state index in [1.165, 1.54) is 0 Å². The van der Waals surface area contributed by atoms with Gasteiger partial charge in [0.25, 0.3) is 10.0 Å². The van der Waals surface area contributed by atoms with Gasteiger partial charge in [-0.1, -0.05) is 12.8 Å². The Bertz CT molecular complexity index is 459. The third-order valence-corrected chi connectivity index (χ3v) is 6.39. The number of hydrogen-bond acceptors (Lipinski definition) is 4. The minimum atomic E-state index is -3.33. The number of rotatable bonds is 3. The molecule has 0 saturated carbocycles. The Balaban J connectivity index is 2.22. The first-order valence-corrected chi connectivity index (χ1v) is 8.10. The van der Waals surface area contributed by atoms with Crippen LogP contribution in [0, 0.1) is 0 Å². The van der Waals surface area contributed by atoms with Crippen molar-refractivity contribution < 1.29 is 13.5 Å². The molecule has 2 heterocycles. The molecule has 1 aliphatic heterocycles. The highest BCUT2D eigenvalue weighted by Gasteiger charge is 2.26. The lowest BCUT2D eigenvalue weighted by atomic mass is 10.2. The Morgan fingerprint density at radius 3 is 2.35 bits per heavy atom. The summed E-state index contributed by atoms with van der Waals surface area (Å²) in [6.07, 6.45) is 4.10. The van der Waals surface area contributed by atoms with Crippen molar-refractivity contribution >= 4 is 21.4 Å². The molecule has 4 nitrogen and oxygen atoms in total. The molecule has 17 heavy (non-hydrogen) atoms. The van der Waals surface area contributed by atoms with Gasteiger partial charge in [0.05, 0.1) is 6.61 Å². The molecule has 2 rings (SSSR count). The zero-order valence-electron chi connectivity index (χ0n) is 9.63. The average molecular weight is 275 g/mol. The molecule has 0 radical (unpaired) electrons. The molecule has 0 bridgehead atoms. The molecular formula is C11H17NO3S2. The van der Waals surface area contributed by atoms with E-state index in [4.69, 9.17) is 5.11 Å². The first kappa shape index (κ1) is 13.0. The second kappa shape index (κ2) is 5.48. The fraction of sp³-hybridized carbons (Fsp3) is 0.636. The fourth-order valence-electron chi connectivity index (χ4n) is 1.99. The van der Waals surface area contributed by atoms with Crippen LogP contribution in [-0.2, 0) is 16.6 Å². The maximum atomic E-state index is 12.3. The van der Waals surface area contributed by atoms with Crippen LogP contribution in [0.2, 0.25) is 0 Å². The van der Waals surface area contributed by atoms with Crippen molar-refractivity contribution in [3.63, 3.8) is 0 Å². The maximum Gasteiger partial charge on any atom is 0.252 e. The van der Waals surface area contributed by atoms with Gasteiger partial charge < -0.3 is 5.11 Å². The molecule has 6 heteroatoms. The summed E-state index contributed by atoms with van der Waals surface area (Å²) < 4.78 is 26.6. The molecule has 1 aromatic heterocycles. The summed E-state index contributed by atoms with van der Waals surface area (Å²) in [6, 6.07) is 3.27. The van der Waals surface area contributed by atoms with E-state index in [1.807, 2.05) is 0 Å². The van der Waals surface area contributed by atoms with Crippen molar-refractivity contribution in [2.45, 2.75) is 36.5 Å². The van der Waals surface area contributed by atoms with Crippen LogP contribution in [0.1, 0.15) is 30.6 Å². The Kier molecular flexibility index (Phi) is 4.19. The molecule has 1 aromatic rings. The molecule has 96 valence electrons. The highest BCUT2D eigenvalue weighted by molar-refractivity contribution is 7.91. The van der Waals surface area contributed by atoms with Crippen LogP contribution in [0.15, 0.2) is 16.3 Å². The van der Waals surface area contributed by atoms with Gasteiger partial charge in [-0.05, 0) is 25.0 Å². The quantitative estimate of drug-likeness (QED) is 0.915. The summed E-state index contributed by atoms with van der Waals surface area (Å²) in [4.78, 5) is 0.693. The number of aliphatic hydroxyl groups is 1. The van der Waals surface area contributed by atoms with Crippen molar-refractivity contribution in [3.05, 3.63) is 17.0 Å². The Hall–Kier alpha value is -0.430. The van der Waals surface area contributed by atoms with Gasteiger partial charge in [0, 0.05) is 18.0 Å². The van der Waals surface area contributed by atoms with Gasteiger partial charge in [0.15, 0.2) is 0 Å². The minimum Gasteiger partial charge on any atom is -0.391 e. The lowest BCUT2D eigenvalue weighted by Gasteiger charge is -2.18. The van der Waals surface area contributed by atoms with Gasteiger partial charge in [0.2, 0.25) is 0 Å². The predicted octanol–water partition coefficient (Wildman–Crippen LogP) is 1.81. The standard InChI is InChI=1S/C11H17NO3S2/c13-9-10-5-6-11(16-10)17(14,15)12-7-3-1-2-4-8-12/h5-6,13H,1-4,7-9H2. The molecule has 1 fully saturated rings. The van der Waals surface area contributed by atoms with Gasteiger partial charge in [-0.3, -0.25) is 0 Å². The number of sulfonamides is 1. The molecule has 0 spiro atoms. The zero-order chi connectivity index (χ0) is 12.3. The van der Waals surface area contributed by atoms with Crippen LogP contribution >= 0.6 is 11.3 Å². The summed E-state index contributed by atoms with van der Waals surface area (Å²) in [6.45, 7) is 1.14. The zero-order valence-corrected chi connectivity index (χ0v) is 11.3. The van der Waals surface area contributed by atoms with Crippen molar-refractivity contribution in [1.82, 2.24) is 4.31 Å². The number of aliphatic hydroxyl groups excluding tert-OH is 1. The highest BCUT2D eigenvalue weighted by atomic mass is 32.2. The van der Waals surface area contributed by atoms with Gasteiger partial charge in [0.1, 0.15) is 4.21 Å². The van der Waals surface area contributed by atoms with Crippen molar-refractivity contribution in [2.75, 3.05) is 13.1 Å². The maximum absolute atomic E-state index is 12.3. The minimum absolute atomic E-state index is 0.0970. The molecule has 0 atom stereocenters. The first-order chi connectivity index (χ1) is 8.14. The molecule has 1 N–H and O–H groups in total. The monoisotopic (exact) mass is 275 g/mol. The lowest BCUT2D eigenvalue weighted by Crippen LogP contribution is -2.31. The number of hydrogen-bond donors (Lipinski definition) is 1. The second-order valence-electron chi connectivity index (χ2n) is 4.20. The molecule has 0 unspecified atom stereocenters. The van der Waals surface area contributed by atoms with E-state index in [2.05, 4.69) is 0 Å². The third-order valence-electron chi connectivity index (χ3n) is 2.95. The predicted molar refractivity (Wildman–Crippen MR) is 67.5 cm³/mol. The molecule has 0 aliphatic carbocycles. The number of nitrogens with zero attached hydrogens (tertiary/aromatic N) is 1. The summed E-state index contributed by atoms with van der Waals surface area (Å²) in [5, 5.41) is 8.97. The van der Waals surface area contributed by atoms with Crippen molar-refractivity contribution in [3.8, 4) is 0 Å². The molecule has 1 aliphatic rings. The van der Waals surface area contributed by atoms with E-state index in [-0.39, 0.29) is 6.61 Å². The van der Waals surface area contributed by atoms with E-state index < -0.39 is 10.0 Å². The van der Waals surface area contributed by atoms with Crippen LogP contribution < -0.4 is 0 Å². The normalized spacial score (nSPS) is 19.1. The summed E-state index contributed by atoms with van der Waals surface area (Å²) in [7, 11) is -3.33. The van der Waals surface area contributed by atoms with Crippen molar-refractivity contribution in [2.24, 2.45) is 0 Å². The number of thiophene rings is 1. The Morgan fingerprint density at radius 1 is 1.18 bits per heavy atom. The van der Waals surface area contributed by atoms with Gasteiger partial charge in [-0.25, -0.2) is 8.42 Å². The molecule has 1 saturated heterocycles. The smallest absolute Gasteiger partial charge is 0.252 e. The van der Waals surface area contributed by atoms with Gasteiger partial charge in [-0.2, -0.15) is 4.31 Å². The largest absolute Gasteiger partial charge is 0.391 e. The van der Waals surface area contributed by atoms with Crippen LogP contribution in [0.4, 0.5) is 0 Å². The topological polar surface area (TPSA) is 57.6 Å². The van der Waals surface area contributed by atoms with Crippen LogP contribution in [0.5, 0.6) is 0 Å². The van der Waals surface area contributed by atoms with Crippen molar-refractivity contribution in [1.29, 1.82) is 0 Å². The molecule has 0 amide bonds. The Labute approximate surface area is 106 Å². The van der Waals surface area contributed by atoms with E-state index >= 15 is 0 Å². The Morgan fingerprint density at radius 2 is 1.82 bits per heavy atom. The van der Waals surface area contributed by atoms with E-state index in [1.54, 1.807) is 16.4 Å². The summed E-state index contributed by atoms with van der Waals surface area (Å²) in [5.74, 6) is 0. The summed E-state index contributed by atoms with van der Waals surface area (Å²) in [5.41, 5.74) is 0. The van der Waals surface area contributed by atoms with E-state index in [9.17, 15) is 8.42 Å². The van der Waals surface area contributed by atoms with Crippen LogP contribution in [-0.4, -0.2) is 30.9 Å². The first-order valence-electron chi connectivity index (χ1n) is 5.84. The second-order valence-corrected chi connectivity index (χ2v) is 7.53.